The van der Waals surface area contributed by atoms with Gasteiger partial charge in [0.15, 0.2) is 0 Å². The summed E-state index contributed by atoms with van der Waals surface area (Å²) >= 11 is 0. The normalized spacial score (nSPS) is 14.6. The van der Waals surface area contributed by atoms with Gasteiger partial charge in [0, 0.05) is 6.20 Å². The maximum atomic E-state index is 11.7. The third-order valence-electron chi connectivity index (χ3n) is 2.51. The van der Waals surface area contributed by atoms with Gasteiger partial charge in [-0.15, -0.1) is 0 Å². The van der Waals surface area contributed by atoms with Crippen molar-refractivity contribution in [2.45, 2.75) is 32.9 Å². The van der Waals surface area contributed by atoms with E-state index >= 15 is 0 Å². The van der Waals surface area contributed by atoms with Crippen LogP contribution in [0.1, 0.15) is 32.5 Å². The smallest absolute Gasteiger partial charge is 0.237 e. The molecule has 16 heavy (non-hydrogen) atoms. The average molecular weight is 221 g/mol. The van der Waals surface area contributed by atoms with Crippen LogP contribution in [0.3, 0.4) is 0 Å². The largest absolute Gasteiger partial charge is 0.347 e. The first-order chi connectivity index (χ1) is 7.52. The quantitative estimate of drug-likeness (QED) is 0.803. The van der Waals surface area contributed by atoms with Gasteiger partial charge in [-0.1, -0.05) is 19.9 Å². The second-order valence-corrected chi connectivity index (χ2v) is 4.25. The van der Waals surface area contributed by atoms with Gasteiger partial charge in [-0.3, -0.25) is 9.78 Å². The molecule has 0 bridgehead atoms. The average Bonchev–Trinajstić information content (AvgIpc) is 2.28. The van der Waals surface area contributed by atoms with Crippen molar-refractivity contribution in [3.05, 3.63) is 30.1 Å². The summed E-state index contributed by atoms with van der Waals surface area (Å²) in [6.07, 6.45) is 1.71. The molecule has 0 saturated carbocycles. The Balaban J connectivity index is 2.58. The molecule has 2 atom stereocenters. The van der Waals surface area contributed by atoms with Crippen molar-refractivity contribution in [3.8, 4) is 0 Å². The Morgan fingerprint density at radius 3 is 2.56 bits per heavy atom. The lowest BCUT2D eigenvalue weighted by Crippen LogP contribution is -2.44. The highest BCUT2D eigenvalue weighted by Gasteiger charge is 2.19. The maximum absolute atomic E-state index is 11.7. The molecule has 1 aromatic heterocycles. The molecule has 0 aromatic carbocycles. The number of pyridine rings is 1. The minimum atomic E-state index is -0.467. The van der Waals surface area contributed by atoms with Crippen LogP contribution in [0.15, 0.2) is 24.4 Å². The Kier molecular flexibility index (Phi) is 4.43. The summed E-state index contributed by atoms with van der Waals surface area (Å²) in [6.45, 7) is 5.75. The lowest BCUT2D eigenvalue weighted by Gasteiger charge is -2.19. The second-order valence-electron chi connectivity index (χ2n) is 4.25. The minimum Gasteiger partial charge on any atom is -0.347 e. The highest BCUT2D eigenvalue weighted by atomic mass is 16.2. The van der Waals surface area contributed by atoms with E-state index in [0.29, 0.717) is 0 Å². The van der Waals surface area contributed by atoms with Crippen molar-refractivity contribution in [2.24, 2.45) is 11.7 Å². The van der Waals surface area contributed by atoms with Gasteiger partial charge in [0.2, 0.25) is 5.91 Å². The van der Waals surface area contributed by atoms with Crippen LogP contribution in [0, 0.1) is 5.92 Å². The van der Waals surface area contributed by atoms with Crippen LogP contribution in [0.5, 0.6) is 0 Å². The summed E-state index contributed by atoms with van der Waals surface area (Å²) in [6, 6.07) is 5.04. The summed E-state index contributed by atoms with van der Waals surface area (Å²) in [4.78, 5) is 15.9. The molecule has 0 aliphatic heterocycles. The molecule has 1 heterocycles. The topological polar surface area (TPSA) is 68.0 Å². The number of nitrogens with zero attached hydrogens (tertiary/aromatic N) is 1. The van der Waals surface area contributed by atoms with Crippen LogP contribution >= 0.6 is 0 Å². The van der Waals surface area contributed by atoms with E-state index in [0.717, 1.165) is 5.69 Å². The first-order valence-electron chi connectivity index (χ1n) is 5.49. The standard InChI is InChI=1S/C12H19N3O/c1-8(2)11(13)12(16)15-9(3)10-6-4-5-7-14-10/h4-9,11H,13H2,1-3H3,(H,15,16)/t9-,11-/m0/s1. The lowest BCUT2D eigenvalue weighted by molar-refractivity contribution is -0.123. The highest BCUT2D eigenvalue weighted by Crippen LogP contribution is 2.09. The third-order valence-corrected chi connectivity index (χ3v) is 2.51. The molecule has 0 radical (unpaired) electrons. The molecule has 1 aromatic rings. The summed E-state index contributed by atoms with van der Waals surface area (Å²) in [5, 5.41) is 2.85. The Morgan fingerprint density at radius 1 is 1.38 bits per heavy atom. The van der Waals surface area contributed by atoms with Gasteiger partial charge in [0.25, 0.3) is 0 Å². The predicted octanol–water partition coefficient (Wildman–Crippen LogP) is 1.24. The van der Waals surface area contributed by atoms with Crippen LogP contribution in [-0.4, -0.2) is 16.9 Å². The van der Waals surface area contributed by atoms with Crippen molar-refractivity contribution in [2.75, 3.05) is 0 Å². The Bertz CT molecular complexity index is 337. The number of carbonyl (C=O) groups excluding carboxylic acids is 1. The van der Waals surface area contributed by atoms with Gasteiger partial charge in [-0.05, 0) is 25.0 Å². The molecular formula is C12H19N3O. The molecule has 4 nitrogen and oxygen atoms in total. The molecule has 0 unspecified atom stereocenters. The van der Waals surface area contributed by atoms with E-state index in [-0.39, 0.29) is 17.9 Å². The number of amides is 1. The van der Waals surface area contributed by atoms with E-state index in [1.165, 1.54) is 0 Å². The molecule has 0 aliphatic rings. The number of carbonyl (C=O) groups is 1. The van der Waals surface area contributed by atoms with E-state index in [4.69, 9.17) is 5.73 Å². The van der Waals surface area contributed by atoms with Gasteiger partial charge in [-0.2, -0.15) is 0 Å². The number of hydrogen-bond donors (Lipinski definition) is 2. The van der Waals surface area contributed by atoms with E-state index in [1.54, 1.807) is 6.20 Å². The number of rotatable bonds is 4. The highest BCUT2D eigenvalue weighted by molar-refractivity contribution is 5.82. The molecule has 4 heteroatoms. The Hall–Kier alpha value is -1.42. The molecule has 1 amide bonds. The second kappa shape index (κ2) is 5.61. The molecule has 0 saturated heterocycles. The molecule has 88 valence electrons. The van der Waals surface area contributed by atoms with Crippen molar-refractivity contribution in [3.63, 3.8) is 0 Å². The van der Waals surface area contributed by atoms with Gasteiger partial charge in [-0.25, -0.2) is 0 Å². The number of hydrogen-bond acceptors (Lipinski definition) is 3. The van der Waals surface area contributed by atoms with Gasteiger partial charge in [0.1, 0.15) is 0 Å². The Labute approximate surface area is 96.3 Å². The lowest BCUT2D eigenvalue weighted by atomic mass is 10.0. The van der Waals surface area contributed by atoms with Crippen molar-refractivity contribution in [1.82, 2.24) is 10.3 Å². The fourth-order valence-electron chi connectivity index (χ4n) is 1.32. The van der Waals surface area contributed by atoms with Crippen LogP contribution in [-0.2, 0) is 4.79 Å². The van der Waals surface area contributed by atoms with Crippen LogP contribution < -0.4 is 11.1 Å². The molecule has 0 fully saturated rings. The van der Waals surface area contributed by atoms with Gasteiger partial charge in [0.05, 0.1) is 17.8 Å². The van der Waals surface area contributed by atoms with E-state index in [9.17, 15) is 4.79 Å². The first-order valence-corrected chi connectivity index (χ1v) is 5.49. The van der Waals surface area contributed by atoms with E-state index in [1.807, 2.05) is 39.0 Å². The first kappa shape index (κ1) is 12.6. The SMILES string of the molecule is CC(C)[C@H](N)C(=O)N[C@@H](C)c1ccccn1. The Morgan fingerprint density at radius 2 is 2.06 bits per heavy atom. The van der Waals surface area contributed by atoms with E-state index in [2.05, 4.69) is 10.3 Å². The fraction of sp³-hybridized carbons (Fsp3) is 0.500. The number of aromatic nitrogens is 1. The number of nitrogens with two attached hydrogens (primary N) is 1. The molecule has 3 N–H and O–H groups in total. The zero-order valence-corrected chi connectivity index (χ0v) is 9.97. The predicted molar refractivity (Wildman–Crippen MR) is 63.6 cm³/mol. The van der Waals surface area contributed by atoms with Crippen molar-refractivity contribution >= 4 is 5.91 Å². The van der Waals surface area contributed by atoms with Gasteiger partial charge < -0.3 is 11.1 Å². The number of nitrogens with one attached hydrogen (secondary N) is 1. The molecule has 0 aliphatic carbocycles. The summed E-state index contributed by atoms with van der Waals surface area (Å²) in [5.74, 6) is 0.00378. The monoisotopic (exact) mass is 221 g/mol. The zero-order chi connectivity index (χ0) is 12.1. The summed E-state index contributed by atoms with van der Waals surface area (Å²) in [7, 11) is 0. The van der Waals surface area contributed by atoms with E-state index < -0.39 is 6.04 Å². The summed E-state index contributed by atoms with van der Waals surface area (Å²) in [5.41, 5.74) is 6.59. The van der Waals surface area contributed by atoms with Crippen molar-refractivity contribution in [1.29, 1.82) is 0 Å². The molecule has 0 spiro atoms. The van der Waals surface area contributed by atoms with Crippen LogP contribution in [0.25, 0.3) is 0 Å². The van der Waals surface area contributed by atoms with Crippen LogP contribution in [0.4, 0.5) is 0 Å². The molecular weight excluding hydrogens is 202 g/mol. The van der Waals surface area contributed by atoms with Crippen molar-refractivity contribution < 1.29 is 4.79 Å². The van der Waals surface area contributed by atoms with Crippen LogP contribution in [0.2, 0.25) is 0 Å². The zero-order valence-electron chi connectivity index (χ0n) is 9.97. The summed E-state index contributed by atoms with van der Waals surface area (Å²) < 4.78 is 0. The third kappa shape index (κ3) is 3.31. The maximum Gasteiger partial charge on any atom is 0.237 e. The molecule has 1 rings (SSSR count). The van der Waals surface area contributed by atoms with Gasteiger partial charge >= 0.3 is 0 Å². The fourth-order valence-corrected chi connectivity index (χ4v) is 1.32. The minimum absolute atomic E-state index is 0.113.